The normalized spacial score (nSPS) is 11.7. The minimum absolute atomic E-state index is 0.118. The van der Waals surface area contributed by atoms with Crippen LogP contribution in [0.25, 0.3) is 33.9 Å². The second-order valence-corrected chi connectivity index (χ2v) is 17.4. The third-order valence-corrected chi connectivity index (χ3v) is 13.3. The highest BCUT2D eigenvalue weighted by Gasteiger charge is 2.38. The van der Waals surface area contributed by atoms with Crippen LogP contribution in [0.1, 0.15) is 16.7 Å². The number of amides is 1. The maximum absolute atomic E-state index is 15.8. The fourth-order valence-electron chi connectivity index (χ4n) is 6.63. The van der Waals surface area contributed by atoms with E-state index in [1.54, 1.807) is 92.0 Å². The SMILES string of the molecule is COc1ccc(CN(Cc2ccc(OC)cc2)S(=O)(=O)c2c(S(=O)(=O)NCCNC(=O)O)ccc(-c3cccc(-c4ncn[nH]4)c3)c2-c2nnn(Cc3ccc(OC)cc3)n2)cc1. The zero-order chi connectivity index (χ0) is 44.6. The van der Waals surface area contributed by atoms with Gasteiger partial charge in [0.25, 0.3) is 0 Å². The predicted molar refractivity (Wildman–Crippen MR) is 230 cm³/mol. The minimum Gasteiger partial charge on any atom is -0.497 e. The number of benzene rings is 5. The van der Waals surface area contributed by atoms with Crippen molar-refractivity contribution in [1.82, 2.24) is 49.7 Å². The summed E-state index contributed by atoms with van der Waals surface area (Å²) in [6, 6.07) is 30.4. The van der Waals surface area contributed by atoms with Crippen molar-refractivity contribution in [2.75, 3.05) is 34.4 Å². The first-order valence-electron chi connectivity index (χ1n) is 19.1. The van der Waals surface area contributed by atoms with Crippen molar-refractivity contribution in [3.63, 3.8) is 0 Å². The largest absolute Gasteiger partial charge is 0.497 e. The van der Waals surface area contributed by atoms with Gasteiger partial charge in [0.15, 0.2) is 5.82 Å². The maximum atomic E-state index is 15.8. The molecular formula is C42H42N10O9S2. The second kappa shape index (κ2) is 19.2. The number of hydrogen-bond donors (Lipinski definition) is 4. The topological polar surface area (TPSA) is 246 Å². The van der Waals surface area contributed by atoms with E-state index in [0.717, 1.165) is 9.87 Å². The molecule has 0 aliphatic rings. The van der Waals surface area contributed by atoms with Crippen LogP contribution in [0, 0.1) is 0 Å². The Labute approximate surface area is 362 Å². The van der Waals surface area contributed by atoms with Gasteiger partial charge in [-0.3, -0.25) is 5.10 Å². The number of carbonyl (C=O) groups is 1. The van der Waals surface area contributed by atoms with Crippen LogP contribution >= 0.6 is 0 Å². The molecule has 0 saturated carbocycles. The Morgan fingerprint density at radius 2 is 1.35 bits per heavy atom. The van der Waals surface area contributed by atoms with Crippen molar-refractivity contribution in [1.29, 1.82) is 0 Å². The number of sulfonamides is 2. The molecule has 0 aliphatic heterocycles. The van der Waals surface area contributed by atoms with E-state index in [1.165, 1.54) is 37.5 Å². The van der Waals surface area contributed by atoms with Gasteiger partial charge in [0.1, 0.15) is 33.4 Å². The summed E-state index contributed by atoms with van der Waals surface area (Å²) >= 11 is 0. The number of aromatic amines is 1. The molecule has 63 heavy (non-hydrogen) atoms. The van der Waals surface area contributed by atoms with E-state index in [0.29, 0.717) is 45.3 Å². The van der Waals surface area contributed by atoms with Gasteiger partial charge in [0.05, 0.1) is 33.4 Å². The third-order valence-electron chi connectivity index (χ3n) is 9.76. The summed E-state index contributed by atoms with van der Waals surface area (Å²) in [4.78, 5) is 15.5. The van der Waals surface area contributed by atoms with Crippen LogP contribution < -0.4 is 24.2 Å². The number of nitrogens with one attached hydrogen (secondary N) is 3. The molecule has 0 unspecified atom stereocenters. The van der Waals surface area contributed by atoms with Gasteiger partial charge in [0.2, 0.25) is 25.9 Å². The van der Waals surface area contributed by atoms with E-state index in [9.17, 15) is 13.2 Å². The van der Waals surface area contributed by atoms with E-state index in [-0.39, 0.29) is 43.1 Å². The molecule has 1 amide bonds. The van der Waals surface area contributed by atoms with Crippen molar-refractivity contribution in [3.8, 4) is 51.2 Å². The minimum atomic E-state index is -4.92. The Morgan fingerprint density at radius 3 is 1.90 bits per heavy atom. The van der Waals surface area contributed by atoms with Crippen molar-refractivity contribution >= 4 is 26.1 Å². The highest BCUT2D eigenvalue weighted by atomic mass is 32.2. The fraction of sp³-hybridized carbons (Fsp3) is 0.190. The molecule has 7 rings (SSSR count). The van der Waals surface area contributed by atoms with Gasteiger partial charge in [-0.15, -0.1) is 10.2 Å². The van der Waals surface area contributed by atoms with Gasteiger partial charge in [-0.05, 0) is 81.6 Å². The highest BCUT2D eigenvalue weighted by molar-refractivity contribution is 7.92. The second-order valence-electron chi connectivity index (χ2n) is 13.8. The molecule has 0 bridgehead atoms. The average molecular weight is 895 g/mol. The van der Waals surface area contributed by atoms with Crippen molar-refractivity contribution in [3.05, 3.63) is 132 Å². The quantitative estimate of drug-likeness (QED) is 0.0797. The molecule has 0 atom stereocenters. The van der Waals surface area contributed by atoms with Gasteiger partial charge < -0.3 is 24.6 Å². The summed E-state index contributed by atoms with van der Waals surface area (Å²) in [5.74, 6) is 1.97. The molecule has 21 heteroatoms. The Hall–Kier alpha value is -7.20. The van der Waals surface area contributed by atoms with E-state index in [1.807, 2.05) is 12.1 Å². The lowest BCUT2D eigenvalue weighted by Crippen LogP contribution is -2.36. The molecule has 2 heterocycles. The molecule has 19 nitrogen and oxygen atoms in total. The van der Waals surface area contributed by atoms with Crippen molar-refractivity contribution < 1.29 is 40.9 Å². The van der Waals surface area contributed by atoms with E-state index in [4.69, 9.17) is 19.3 Å². The Balaban J connectivity index is 1.47. The van der Waals surface area contributed by atoms with Crippen LogP contribution in [-0.2, 0) is 39.7 Å². The molecule has 0 aliphatic carbocycles. The Kier molecular flexibility index (Phi) is 13.4. The highest BCUT2D eigenvalue weighted by Crippen LogP contribution is 2.42. The fourth-order valence-corrected chi connectivity index (χ4v) is 10.1. The Bertz CT molecular complexity index is 2840. The summed E-state index contributed by atoms with van der Waals surface area (Å²) in [6.45, 7) is -1.01. The summed E-state index contributed by atoms with van der Waals surface area (Å²) in [7, 11) is -5.07. The number of H-pyrrole nitrogens is 1. The number of aromatic nitrogens is 7. The number of nitrogens with zero attached hydrogens (tertiary/aromatic N) is 7. The number of tetrazole rings is 1. The van der Waals surface area contributed by atoms with Gasteiger partial charge in [-0.25, -0.2) is 31.3 Å². The van der Waals surface area contributed by atoms with Crippen LogP contribution in [0.15, 0.2) is 125 Å². The van der Waals surface area contributed by atoms with E-state index < -0.39 is 42.5 Å². The number of rotatable bonds is 19. The summed E-state index contributed by atoms with van der Waals surface area (Å²) in [5, 5.41) is 31.4. The molecular weight excluding hydrogens is 853 g/mol. The average Bonchev–Trinajstić information content (AvgIpc) is 4.01. The van der Waals surface area contributed by atoms with Crippen LogP contribution in [0.5, 0.6) is 17.2 Å². The first kappa shape index (κ1) is 43.9. The van der Waals surface area contributed by atoms with Crippen LogP contribution in [-0.4, -0.2) is 102 Å². The molecule has 7 aromatic rings. The van der Waals surface area contributed by atoms with Gasteiger partial charge in [0, 0.05) is 31.7 Å². The third kappa shape index (κ3) is 10.3. The molecule has 5 aromatic carbocycles. The lowest BCUT2D eigenvalue weighted by atomic mass is 9.97. The zero-order valence-electron chi connectivity index (χ0n) is 34.2. The van der Waals surface area contributed by atoms with Gasteiger partial charge in [-0.2, -0.15) is 14.2 Å². The van der Waals surface area contributed by atoms with Crippen molar-refractivity contribution in [2.24, 2.45) is 0 Å². The van der Waals surface area contributed by atoms with Crippen LogP contribution in [0.3, 0.4) is 0 Å². The zero-order valence-corrected chi connectivity index (χ0v) is 35.8. The molecule has 0 fully saturated rings. The summed E-state index contributed by atoms with van der Waals surface area (Å²) < 4.78 is 80.1. The molecule has 4 N–H and O–H groups in total. The first-order valence-corrected chi connectivity index (χ1v) is 22.1. The van der Waals surface area contributed by atoms with Crippen LogP contribution in [0.4, 0.5) is 4.79 Å². The molecule has 0 spiro atoms. The molecule has 0 radical (unpaired) electrons. The van der Waals surface area contributed by atoms with Gasteiger partial charge >= 0.3 is 6.09 Å². The lowest BCUT2D eigenvalue weighted by molar-refractivity contribution is 0.194. The number of ether oxygens (including phenoxy) is 3. The van der Waals surface area contributed by atoms with E-state index in [2.05, 4.69) is 40.6 Å². The van der Waals surface area contributed by atoms with Crippen molar-refractivity contribution in [2.45, 2.75) is 29.4 Å². The predicted octanol–water partition coefficient (Wildman–Crippen LogP) is 4.80. The first-order chi connectivity index (χ1) is 30.4. The maximum Gasteiger partial charge on any atom is 0.404 e. The number of methoxy groups -OCH3 is 3. The van der Waals surface area contributed by atoms with Crippen LogP contribution in [0.2, 0.25) is 0 Å². The smallest absolute Gasteiger partial charge is 0.404 e. The Morgan fingerprint density at radius 1 is 0.762 bits per heavy atom. The van der Waals surface area contributed by atoms with Gasteiger partial charge in [-0.1, -0.05) is 60.7 Å². The van der Waals surface area contributed by atoms with E-state index >= 15 is 8.42 Å². The molecule has 2 aromatic heterocycles. The summed E-state index contributed by atoms with van der Waals surface area (Å²) in [5.41, 5.74) is 3.05. The monoisotopic (exact) mass is 894 g/mol. The molecule has 0 saturated heterocycles. The number of carboxylic acid groups (broad SMARTS) is 1. The summed E-state index contributed by atoms with van der Waals surface area (Å²) in [6.07, 6.45) is -0.0182. The standard InChI is InChI=1S/C42H42N10O9S2/c1-59-33-13-7-28(8-14-33)24-51(25-29-9-15-34(60-2)16-10-29)63(57,58)39-37(62(55,56)46-22-21-43-42(53)54)20-19-36(31-5-4-6-32(23-31)40-44-27-45-47-40)38(39)41-48-50-52(49-41)26-30-11-17-35(61-3)18-12-30/h4-20,23,27,43,46H,21-22,24-26H2,1-3H3,(H,53,54)(H,44,45,47). The number of hydrogen-bond acceptors (Lipinski definition) is 13. The lowest BCUT2D eigenvalue weighted by Gasteiger charge is -2.26. The molecule has 326 valence electrons.